The minimum absolute atomic E-state index is 0.266. The Morgan fingerprint density at radius 3 is 2.11 bits per heavy atom. The molecule has 0 radical (unpaired) electrons. The molecule has 0 N–H and O–H groups in total. The summed E-state index contributed by atoms with van der Waals surface area (Å²) in [6, 6.07) is -0.475. The zero-order chi connectivity index (χ0) is 7.02. The molecule has 0 unspecified atom stereocenters. The molecule has 0 bridgehead atoms. The third-order valence-electron chi connectivity index (χ3n) is 1.16. The van der Waals surface area contributed by atoms with Crippen molar-refractivity contribution in [3.63, 3.8) is 0 Å². The van der Waals surface area contributed by atoms with E-state index in [4.69, 9.17) is 0 Å². The van der Waals surface area contributed by atoms with Crippen LogP contribution in [-0.2, 0) is 4.79 Å². The maximum Gasteiger partial charge on any atom is 0.350 e. The normalized spacial score (nSPS) is 18.9. The molecule has 1 rings (SSSR count). The van der Waals surface area contributed by atoms with Gasteiger partial charge < -0.3 is 0 Å². The van der Waals surface area contributed by atoms with Crippen LogP contribution in [-0.4, -0.2) is 29.6 Å². The SMILES string of the molecule is CC1=NC(=O)N(C)C1=O. The number of aliphatic imine (C=N–C) groups is 1. The molecule has 4 nitrogen and oxygen atoms in total. The van der Waals surface area contributed by atoms with E-state index in [1.54, 1.807) is 0 Å². The summed E-state index contributed by atoms with van der Waals surface area (Å²) >= 11 is 0. The maximum absolute atomic E-state index is 10.7. The van der Waals surface area contributed by atoms with Gasteiger partial charge in [0.25, 0.3) is 5.91 Å². The average Bonchev–Trinajstić information content (AvgIpc) is 1.98. The maximum atomic E-state index is 10.7. The van der Waals surface area contributed by atoms with Crippen molar-refractivity contribution in [3.8, 4) is 0 Å². The lowest BCUT2D eigenvalue weighted by Crippen LogP contribution is -2.27. The predicted molar refractivity (Wildman–Crippen MR) is 31.3 cm³/mol. The lowest BCUT2D eigenvalue weighted by Gasteiger charge is -2.00. The van der Waals surface area contributed by atoms with Crippen molar-refractivity contribution in [1.29, 1.82) is 0 Å². The molecule has 0 fully saturated rings. The summed E-state index contributed by atoms with van der Waals surface area (Å²) in [5.41, 5.74) is 0.266. The second-order valence-corrected chi connectivity index (χ2v) is 1.84. The van der Waals surface area contributed by atoms with E-state index in [-0.39, 0.29) is 11.6 Å². The van der Waals surface area contributed by atoms with Crippen molar-refractivity contribution in [3.05, 3.63) is 0 Å². The molecule has 0 aromatic heterocycles. The highest BCUT2D eigenvalue weighted by atomic mass is 16.2. The van der Waals surface area contributed by atoms with Crippen molar-refractivity contribution in [2.24, 2.45) is 4.99 Å². The van der Waals surface area contributed by atoms with Crippen LogP contribution in [0.1, 0.15) is 6.92 Å². The zero-order valence-electron chi connectivity index (χ0n) is 5.21. The largest absolute Gasteiger partial charge is 0.350 e. The minimum atomic E-state index is -0.475. The molecule has 1 aliphatic heterocycles. The molecule has 3 amide bonds. The summed E-state index contributed by atoms with van der Waals surface area (Å²) in [5.74, 6) is -0.306. The van der Waals surface area contributed by atoms with Gasteiger partial charge in [0.2, 0.25) is 0 Å². The van der Waals surface area contributed by atoms with Crippen LogP contribution in [0.3, 0.4) is 0 Å². The van der Waals surface area contributed by atoms with E-state index in [0.29, 0.717) is 0 Å². The number of rotatable bonds is 0. The van der Waals surface area contributed by atoms with E-state index in [9.17, 15) is 9.59 Å². The monoisotopic (exact) mass is 126 g/mol. The van der Waals surface area contributed by atoms with Gasteiger partial charge in [-0.1, -0.05) is 0 Å². The van der Waals surface area contributed by atoms with Crippen molar-refractivity contribution in [2.75, 3.05) is 7.05 Å². The number of hydrogen-bond acceptors (Lipinski definition) is 2. The molecule has 48 valence electrons. The predicted octanol–water partition coefficient (Wildman–Crippen LogP) is 0.0393. The quantitative estimate of drug-likeness (QED) is 0.460. The first-order valence-electron chi connectivity index (χ1n) is 2.50. The lowest BCUT2D eigenvalue weighted by molar-refractivity contribution is -0.119. The van der Waals surface area contributed by atoms with Crippen LogP contribution in [0.15, 0.2) is 4.99 Å². The zero-order valence-corrected chi connectivity index (χ0v) is 5.21. The van der Waals surface area contributed by atoms with Gasteiger partial charge in [0, 0.05) is 7.05 Å². The third kappa shape index (κ3) is 0.718. The Balaban J connectivity index is 2.95. The highest BCUT2D eigenvalue weighted by molar-refractivity contribution is 6.45. The second-order valence-electron chi connectivity index (χ2n) is 1.84. The third-order valence-corrected chi connectivity index (χ3v) is 1.16. The Morgan fingerprint density at radius 1 is 1.44 bits per heavy atom. The molecule has 9 heavy (non-hydrogen) atoms. The number of urea groups is 1. The van der Waals surface area contributed by atoms with E-state index >= 15 is 0 Å². The summed E-state index contributed by atoms with van der Waals surface area (Å²) in [6.45, 7) is 1.52. The number of imide groups is 1. The molecule has 0 atom stereocenters. The van der Waals surface area contributed by atoms with Crippen LogP contribution >= 0.6 is 0 Å². The molecule has 0 saturated heterocycles. The van der Waals surface area contributed by atoms with Gasteiger partial charge in [-0.25, -0.2) is 4.79 Å². The average molecular weight is 126 g/mol. The van der Waals surface area contributed by atoms with Crippen LogP contribution < -0.4 is 0 Å². The smallest absolute Gasteiger partial charge is 0.267 e. The van der Waals surface area contributed by atoms with Crippen molar-refractivity contribution < 1.29 is 9.59 Å². The van der Waals surface area contributed by atoms with E-state index in [1.807, 2.05) is 0 Å². The fourth-order valence-corrected chi connectivity index (χ4v) is 0.596. The first kappa shape index (κ1) is 5.94. The van der Waals surface area contributed by atoms with E-state index in [2.05, 4.69) is 4.99 Å². The first-order valence-corrected chi connectivity index (χ1v) is 2.50. The van der Waals surface area contributed by atoms with Crippen LogP contribution in [0.4, 0.5) is 4.79 Å². The van der Waals surface area contributed by atoms with Crippen molar-refractivity contribution in [2.45, 2.75) is 6.92 Å². The summed E-state index contributed by atoms with van der Waals surface area (Å²) in [5, 5.41) is 0. The highest BCUT2D eigenvalue weighted by Gasteiger charge is 2.25. The Labute approximate surface area is 52.2 Å². The lowest BCUT2D eigenvalue weighted by atomic mass is 10.4. The van der Waals surface area contributed by atoms with Gasteiger partial charge in [0.05, 0.1) is 0 Å². The van der Waals surface area contributed by atoms with Crippen LogP contribution in [0, 0.1) is 0 Å². The number of nitrogens with zero attached hydrogens (tertiary/aromatic N) is 2. The molecule has 0 aromatic rings. The van der Waals surface area contributed by atoms with Gasteiger partial charge in [0.15, 0.2) is 0 Å². The standard InChI is InChI=1S/C5H6N2O2/c1-3-4(8)7(2)5(9)6-3/h1-2H3. The molecule has 0 saturated carbocycles. The van der Waals surface area contributed by atoms with Crippen molar-refractivity contribution in [1.82, 2.24) is 4.90 Å². The summed E-state index contributed by atoms with van der Waals surface area (Å²) in [4.78, 5) is 25.6. The molecule has 1 heterocycles. The molecule has 0 aromatic carbocycles. The molecule has 1 aliphatic rings. The van der Waals surface area contributed by atoms with Crippen LogP contribution in [0.25, 0.3) is 0 Å². The van der Waals surface area contributed by atoms with E-state index < -0.39 is 6.03 Å². The van der Waals surface area contributed by atoms with Crippen LogP contribution in [0.2, 0.25) is 0 Å². The van der Waals surface area contributed by atoms with Gasteiger partial charge in [-0.15, -0.1) is 0 Å². The van der Waals surface area contributed by atoms with Gasteiger partial charge >= 0.3 is 6.03 Å². The highest BCUT2D eigenvalue weighted by Crippen LogP contribution is 2.01. The molecule has 0 spiro atoms. The molecular weight excluding hydrogens is 120 g/mol. The Morgan fingerprint density at radius 2 is 2.00 bits per heavy atom. The molecule has 4 heteroatoms. The van der Waals surface area contributed by atoms with Gasteiger partial charge in [-0.3, -0.25) is 9.69 Å². The summed E-state index contributed by atoms with van der Waals surface area (Å²) in [7, 11) is 1.41. The number of carbonyl (C=O) groups is 2. The van der Waals surface area contributed by atoms with Crippen molar-refractivity contribution >= 4 is 17.6 Å². The van der Waals surface area contributed by atoms with Gasteiger partial charge in [-0.2, -0.15) is 4.99 Å². The topological polar surface area (TPSA) is 49.7 Å². The molecular formula is C5H6N2O2. The Kier molecular flexibility index (Phi) is 1.09. The Bertz CT molecular complexity index is 207. The fraction of sp³-hybridized carbons (Fsp3) is 0.400. The summed E-state index contributed by atoms with van der Waals surface area (Å²) in [6.07, 6.45) is 0. The van der Waals surface area contributed by atoms with E-state index in [0.717, 1.165) is 4.90 Å². The number of amides is 3. The van der Waals surface area contributed by atoms with Crippen LogP contribution in [0.5, 0.6) is 0 Å². The number of hydrogen-bond donors (Lipinski definition) is 0. The fourth-order valence-electron chi connectivity index (χ4n) is 0.596. The minimum Gasteiger partial charge on any atom is -0.267 e. The van der Waals surface area contributed by atoms with Gasteiger partial charge in [-0.05, 0) is 6.92 Å². The second kappa shape index (κ2) is 1.65. The molecule has 0 aliphatic carbocycles. The first-order chi connectivity index (χ1) is 4.13. The summed E-state index contributed by atoms with van der Waals surface area (Å²) < 4.78 is 0. The number of carbonyl (C=O) groups excluding carboxylic acids is 2. The van der Waals surface area contributed by atoms with Gasteiger partial charge in [0.1, 0.15) is 5.71 Å². The van der Waals surface area contributed by atoms with E-state index in [1.165, 1.54) is 14.0 Å². The Hall–Kier alpha value is -1.19.